The largest absolute Gasteiger partial charge is 0.497 e. The number of nitrogens with zero attached hydrogens (tertiary/aromatic N) is 2. The van der Waals surface area contributed by atoms with Gasteiger partial charge in [0.05, 0.1) is 42.6 Å². The fourth-order valence-electron chi connectivity index (χ4n) is 3.08. The van der Waals surface area contributed by atoms with Gasteiger partial charge in [-0.2, -0.15) is 5.10 Å². The predicted molar refractivity (Wildman–Crippen MR) is 113 cm³/mol. The first-order valence-corrected chi connectivity index (χ1v) is 9.59. The molecule has 1 amide bonds. The molecule has 0 fully saturated rings. The van der Waals surface area contributed by atoms with Crippen LogP contribution < -0.4 is 10.1 Å². The summed E-state index contributed by atoms with van der Waals surface area (Å²) < 4.78 is 12.4. The van der Waals surface area contributed by atoms with Crippen LogP contribution in [0.1, 0.15) is 11.1 Å². The van der Waals surface area contributed by atoms with Crippen molar-refractivity contribution in [2.24, 2.45) is 0 Å². The number of aromatic nitrogens is 2. The molecule has 2 aromatic heterocycles. The Labute approximate surface area is 177 Å². The second-order valence-corrected chi connectivity index (χ2v) is 7.22. The highest BCUT2D eigenvalue weighted by molar-refractivity contribution is 6.42. The number of ether oxygens (including phenoxy) is 1. The standard InChI is InChI=1S/C21H17Cl2N3O3/c1-28-15-5-6-16-14(12-29-18(16)10-15)9-20(27)25-19-7-8-24-26(19)11-13-3-2-4-17(22)21(13)23/h2-8,10,12H,9,11H2,1H3,(H,25,27). The van der Waals surface area contributed by atoms with Crippen LogP contribution in [-0.2, 0) is 17.8 Å². The number of halogens is 2. The molecule has 0 radical (unpaired) electrons. The van der Waals surface area contributed by atoms with Crippen LogP contribution in [0, 0.1) is 0 Å². The number of carbonyl (C=O) groups excluding carboxylic acids is 1. The monoisotopic (exact) mass is 429 g/mol. The molecule has 0 unspecified atom stereocenters. The van der Waals surface area contributed by atoms with Crippen molar-refractivity contribution in [3.05, 3.63) is 76.1 Å². The van der Waals surface area contributed by atoms with Crippen LogP contribution in [0.15, 0.2) is 59.3 Å². The van der Waals surface area contributed by atoms with Crippen molar-refractivity contribution in [1.29, 1.82) is 0 Å². The summed E-state index contributed by atoms with van der Waals surface area (Å²) in [6.45, 7) is 0.385. The summed E-state index contributed by atoms with van der Waals surface area (Å²) in [5.41, 5.74) is 2.28. The van der Waals surface area contributed by atoms with Gasteiger partial charge in [-0.1, -0.05) is 35.3 Å². The quantitative estimate of drug-likeness (QED) is 0.458. The predicted octanol–water partition coefficient (Wildman–Crippen LogP) is 5.17. The van der Waals surface area contributed by atoms with Gasteiger partial charge < -0.3 is 14.5 Å². The molecule has 0 aliphatic rings. The smallest absolute Gasteiger partial charge is 0.230 e. The lowest BCUT2D eigenvalue weighted by molar-refractivity contribution is -0.115. The van der Waals surface area contributed by atoms with E-state index in [2.05, 4.69) is 10.4 Å². The molecule has 148 valence electrons. The molecule has 4 aromatic rings. The number of benzene rings is 2. The maximum atomic E-state index is 12.6. The van der Waals surface area contributed by atoms with Crippen LogP contribution >= 0.6 is 23.2 Å². The molecule has 4 rings (SSSR count). The second kappa shape index (κ2) is 8.19. The third kappa shape index (κ3) is 4.09. The average Bonchev–Trinajstić information content (AvgIpc) is 3.32. The first-order chi connectivity index (χ1) is 14.0. The molecule has 0 spiro atoms. The lowest BCUT2D eigenvalue weighted by atomic mass is 10.1. The zero-order valence-corrected chi connectivity index (χ0v) is 17.0. The van der Waals surface area contributed by atoms with Gasteiger partial charge in [0.2, 0.25) is 5.91 Å². The molecule has 2 aromatic carbocycles. The maximum Gasteiger partial charge on any atom is 0.230 e. The highest BCUT2D eigenvalue weighted by atomic mass is 35.5. The third-order valence-electron chi connectivity index (χ3n) is 4.55. The molecule has 0 saturated carbocycles. The number of anilines is 1. The van der Waals surface area contributed by atoms with Crippen molar-refractivity contribution in [3.8, 4) is 5.75 Å². The van der Waals surface area contributed by atoms with E-state index in [1.165, 1.54) is 0 Å². The van der Waals surface area contributed by atoms with Crippen LogP contribution in [0.5, 0.6) is 5.75 Å². The fraction of sp³-hybridized carbons (Fsp3) is 0.143. The van der Waals surface area contributed by atoms with E-state index < -0.39 is 0 Å². The molecule has 2 heterocycles. The van der Waals surface area contributed by atoms with Gasteiger partial charge in [-0.25, -0.2) is 4.68 Å². The number of amides is 1. The van der Waals surface area contributed by atoms with Crippen molar-refractivity contribution in [3.63, 3.8) is 0 Å². The topological polar surface area (TPSA) is 69.3 Å². The van der Waals surface area contributed by atoms with Gasteiger partial charge in [0.25, 0.3) is 0 Å². The highest BCUT2D eigenvalue weighted by Gasteiger charge is 2.14. The van der Waals surface area contributed by atoms with E-state index in [0.29, 0.717) is 33.7 Å². The fourth-order valence-corrected chi connectivity index (χ4v) is 3.46. The lowest BCUT2D eigenvalue weighted by Gasteiger charge is -2.10. The number of carbonyl (C=O) groups is 1. The van der Waals surface area contributed by atoms with E-state index in [1.807, 2.05) is 24.3 Å². The van der Waals surface area contributed by atoms with Gasteiger partial charge in [0.1, 0.15) is 17.2 Å². The molecule has 0 saturated heterocycles. The molecular formula is C21H17Cl2N3O3. The van der Waals surface area contributed by atoms with Crippen molar-refractivity contribution < 1.29 is 13.9 Å². The normalized spacial score (nSPS) is 11.0. The third-order valence-corrected chi connectivity index (χ3v) is 5.41. The number of rotatable bonds is 6. The lowest BCUT2D eigenvalue weighted by Crippen LogP contribution is -2.18. The molecule has 0 aliphatic carbocycles. The summed E-state index contributed by atoms with van der Waals surface area (Å²) in [7, 11) is 1.60. The number of furan rings is 1. The van der Waals surface area contributed by atoms with Crippen LogP contribution in [0.25, 0.3) is 11.0 Å². The van der Waals surface area contributed by atoms with E-state index in [4.69, 9.17) is 32.4 Å². The van der Waals surface area contributed by atoms with E-state index in [-0.39, 0.29) is 12.3 Å². The number of methoxy groups -OCH3 is 1. The molecule has 0 atom stereocenters. The van der Waals surface area contributed by atoms with Gasteiger partial charge in [0, 0.05) is 23.1 Å². The van der Waals surface area contributed by atoms with Gasteiger partial charge >= 0.3 is 0 Å². The molecule has 29 heavy (non-hydrogen) atoms. The Balaban J connectivity index is 1.49. The SMILES string of the molecule is COc1ccc2c(CC(=O)Nc3ccnn3Cc3cccc(Cl)c3Cl)coc2c1. The molecule has 8 heteroatoms. The molecular weight excluding hydrogens is 413 g/mol. The maximum absolute atomic E-state index is 12.6. The van der Waals surface area contributed by atoms with Gasteiger partial charge in [-0.3, -0.25) is 4.79 Å². The number of nitrogens with one attached hydrogen (secondary N) is 1. The molecule has 6 nitrogen and oxygen atoms in total. The van der Waals surface area contributed by atoms with Crippen molar-refractivity contribution in [2.45, 2.75) is 13.0 Å². The van der Waals surface area contributed by atoms with Gasteiger partial charge in [0.15, 0.2) is 0 Å². The number of fused-ring (bicyclic) bond motifs is 1. The minimum Gasteiger partial charge on any atom is -0.497 e. The Kier molecular flexibility index (Phi) is 5.47. The minimum atomic E-state index is -0.178. The van der Waals surface area contributed by atoms with Crippen LogP contribution in [0.3, 0.4) is 0 Å². The Bertz CT molecular complexity index is 1180. The summed E-state index contributed by atoms with van der Waals surface area (Å²) in [5, 5.41) is 8.99. The Hall–Kier alpha value is -2.96. The van der Waals surface area contributed by atoms with Gasteiger partial charge in [-0.15, -0.1) is 0 Å². The first-order valence-electron chi connectivity index (χ1n) is 8.84. The summed E-state index contributed by atoms with van der Waals surface area (Å²) in [5.74, 6) is 1.09. The highest BCUT2D eigenvalue weighted by Crippen LogP contribution is 2.28. The Morgan fingerprint density at radius 3 is 2.90 bits per heavy atom. The van der Waals surface area contributed by atoms with Gasteiger partial charge in [-0.05, 0) is 23.8 Å². The van der Waals surface area contributed by atoms with Crippen LogP contribution in [-0.4, -0.2) is 22.8 Å². The molecule has 0 bridgehead atoms. The zero-order chi connectivity index (χ0) is 20.4. The molecule has 1 N–H and O–H groups in total. The second-order valence-electron chi connectivity index (χ2n) is 6.44. The Morgan fingerprint density at radius 1 is 1.21 bits per heavy atom. The van der Waals surface area contributed by atoms with E-state index in [0.717, 1.165) is 16.5 Å². The van der Waals surface area contributed by atoms with E-state index in [1.54, 1.807) is 42.5 Å². The average molecular weight is 430 g/mol. The van der Waals surface area contributed by atoms with E-state index >= 15 is 0 Å². The Morgan fingerprint density at radius 2 is 2.07 bits per heavy atom. The summed E-state index contributed by atoms with van der Waals surface area (Å²) in [6, 6.07) is 12.7. The first kappa shape index (κ1) is 19.4. The van der Waals surface area contributed by atoms with E-state index in [9.17, 15) is 4.79 Å². The summed E-state index contributed by atoms with van der Waals surface area (Å²) >= 11 is 12.3. The minimum absolute atomic E-state index is 0.169. The number of hydrogen-bond donors (Lipinski definition) is 1. The number of hydrogen-bond acceptors (Lipinski definition) is 4. The molecule has 0 aliphatic heterocycles. The summed E-state index contributed by atoms with van der Waals surface area (Å²) in [6.07, 6.45) is 3.38. The summed E-state index contributed by atoms with van der Waals surface area (Å²) in [4.78, 5) is 12.6. The van der Waals surface area contributed by atoms with Crippen molar-refractivity contribution >= 4 is 45.9 Å². The van der Waals surface area contributed by atoms with Crippen molar-refractivity contribution in [2.75, 3.05) is 12.4 Å². The van der Waals surface area contributed by atoms with Crippen LogP contribution in [0.2, 0.25) is 10.0 Å². The zero-order valence-electron chi connectivity index (χ0n) is 15.5. The van der Waals surface area contributed by atoms with Crippen LogP contribution in [0.4, 0.5) is 5.82 Å². The van der Waals surface area contributed by atoms with Crippen molar-refractivity contribution in [1.82, 2.24) is 9.78 Å².